The van der Waals surface area contributed by atoms with Gasteiger partial charge in [-0.1, -0.05) is 19.3 Å². The Morgan fingerprint density at radius 2 is 1.85 bits per heavy atom. The van der Waals surface area contributed by atoms with E-state index in [0.717, 1.165) is 38.4 Å². The zero-order valence-electron chi connectivity index (χ0n) is 16.8. The molecule has 1 atom stereocenters. The van der Waals surface area contributed by atoms with Crippen molar-refractivity contribution in [3.63, 3.8) is 0 Å². The molecular weight excluding hydrogens is 443 g/mol. The fraction of sp³-hybridized carbons (Fsp3) is 0.895. The van der Waals surface area contributed by atoms with Gasteiger partial charge in [0.2, 0.25) is 0 Å². The van der Waals surface area contributed by atoms with Gasteiger partial charge in [0.1, 0.15) is 5.60 Å². The molecule has 6 nitrogen and oxygen atoms in total. The normalized spacial score (nSPS) is 22.4. The Kier molecular flexibility index (Phi) is 10.0. The molecule has 1 heterocycles. The molecular formula is C19H37IN4O2. The van der Waals surface area contributed by atoms with Crippen LogP contribution in [0, 0.1) is 5.92 Å². The molecule has 152 valence electrons. The van der Waals surface area contributed by atoms with E-state index in [-0.39, 0.29) is 30.1 Å². The highest BCUT2D eigenvalue weighted by Crippen LogP contribution is 2.19. The number of nitrogens with zero attached hydrogens (tertiary/aromatic N) is 2. The van der Waals surface area contributed by atoms with Gasteiger partial charge in [-0.2, -0.15) is 0 Å². The van der Waals surface area contributed by atoms with Gasteiger partial charge >= 0.3 is 6.09 Å². The van der Waals surface area contributed by atoms with Crippen molar-refractivity contribution in [1.29, 1.82) is 0 Å². The lowest BCUT2D eigenvalue weighted by Crippen LogP contribution is -2.49. The van der Waals surface area contributed by atoms with Crippen LogP contribution in [-0.2, 0) is 4.74 Å². The largest absolute Gasteiger partial charge is 0.444 e. The van der Waals surface area contributed by atoms with Crippen LogP contribution in [0.25, 0.3) is 0 Å². The smallest absolute Gasteiger partial charge is 0.410 e. The van der Waals surface area contributed by atoms with Crippen molar-refractivity contribution in [2.45, 2.75) is 77.4 Å². The molecule has 1 saturated carbocycles. The summed E-state index contributed by atoms with van der Waals surface area (Å²) in [7, 11) is 1.83. The summed E-state index contributed by atoms with van der Waals surface area (Å²) in [6.07, 6.45) is 8.40. The minimum Gasteiger partial charge on any atom is -0.444 e. The molecule has 7 heteroatoms. The molecule has 1 unspecified atom stereocenters. The second-order valence-corrected chi connectivity index (χ2v) is 8.37. The highest BCUT2D eigenvalue weighted by atomic mass is 127. The van der Waals surface area contributed by atoms with E-state index in [1.165, 1.54) is 32.1 Å². The van der Waals surface area contributed by atoms with Gasteiger partial charge in [-0.3, -0.25) is 4.99 Å². The Balaban J connectivity index is 0.00000338. The molecule has 0 aromatic heterocycles. The summed E-state index contributed by atoms with van der Waals surface area (Å²) >= 11 is 0. The molecule has 1 amide bonds. The van der Waals surface area contributed by atoms with Gasteiger partial charge in [-0.05, 0) is 52.4 Å². The second-order valence-electron chi connectivity index (χ2n) is 8.37. The van der Waals surface area contributed by atoms with Crippen molar-refractivity contribution in [1.82, 2.24) is 15.5 Å². The molecule has 1 aliphatic heterocycles. The molecule has 1 aliphatic carbocycles. The van der Waals surface area contributed by atoms with Crippen LogP contribution >= 0.6 is 24.0 Å². The number of aliphatic imine (C=N–C) groups is 1. The van der Waals surface area contributed by atoms with Crippen LogP contribution < -0.4 is 10.6 Å². The minimum absolute atomic E-state index is 0. The third kappa shape index (κ3) is 8.31. The number of hydrogen-bond donors (Lipinski definition) is 2. The first-order valence-electron chi connectivity index (χ1n) is 9.82. The van der Waals surface area contributed by atoms with Gasteiger partial charge in [0.25, 0.3) is 0 Å². The summed E-state index contributed by atoms with van der Waals surface area (Å²) in [5, 5.41) is 7.00. The number of amides is 1. The molecule has 2 N–H and O–H groups in total. The topological polar surface area (TPSA) is 66.0 Å². The number of nitrogens with one attached hydrogen (secondary N) is 2. The predicted molar refractivity (Wildman–Crippen MR) is 117 cm³/mol. The fourth-order valence-corrected chi connectivity index (χ4v) is 3.60. The summed E-state index contributed by atoms with van der Waals surface area (Å²) < 4.78 is 5.50. The van der Waals surface area contributed by atoms with Crippen LogP contribution in [0.3, 0.4) is 0 Å². The molecule has 0 aromatic carbocycles. The zero-order chi connectivity index (χ0) is 18.3. The Morgan fingerprint density at radius 1 is 1.15 bits per heavy atom. The Hall–Kier alpha value is -0.730. The molecule has 26 heavy (non-hydrogen) atoms. The quantitative estimate of drug-likeness (QED) is 0.367. The third-order valence-electron chi connectivity index (χ3n) is 4.90. The molecule has 2 aliphatic rings. The van der Waals surface area contributed by atoms with Gasteiger partial charge in [-0.15, -0.1) is 24.0 Å². The van der Waals surface area contributed by atoms with Crippen LogP contribution in [0.2, 0.25) is 0 Å². The highest BCUT2D eigenvalue weighted by Gasteiger charge is 2.27. The van der Waals surface area contributed by atoms with Crippen LogP contribution in [0.1, 0.15) is 65.7 Å². The van der Waals surface area contributed by atoms with E-state index in [4.69, 9.17) is 4.74 Å². The van der Waals surface area contributed by atoms with Crippen molar-refractivity contribution in [2.75, 3.05) is 26.7 Å². The predicted octanol–water partition coefficient (Wildman–Crippen LogP) is 3.75. The molecule has 0 aromatic rings. The summed E-state index contributed by atoms with van der Waals surface area (Å²) in [6, 6.07) is 0.546. The number of guanidine groups is 1. The second kappa shape index (κ2) is 11.2. The maximum atomic E-state index is 12.3. The van der Waals surface area contributed by atoms with Gasteiger partial charge in [0.05, 0.1) is 0 Å². The Labute approximate surface area is 175 Å². The van der Waals surface area contributed by atoms with E-state index in [1.54, 1.807) is 0 Å². The SMILES string of the molecule is CN=C(NCC1CCCN(C(=O)OC(C)(C)C)C1)NC1CCCCC1.I. The molecule has 2 fully saturated rings. The average Bonchev–Trinajstić information content (AvgIpc) is 2.58. The molecule has 2 rings (SSSR count). The standard InChI is InChI=1S/C19H36N4O2.HI/c1-19(2,3)25-18(24)23-12-8-9-15(14-23)13-21-17(20-4)22-16-10-6-5-7-11-16;/h15-16H,5-14H2,1-4H3,(H2,20,21,22);1H. The molecule has 0 radical (unpaired) electrons. The summed E-state index contributed by atoms with van der Waals surface area (Å²) in [4.78, 5) is 18.5. The summed E-state index contributed by atoms with van der Waals surface area (Å²) in [5.41, 5.74) is -0.436. The summed E-state index contributed by atoms with van der Waals surface area (Å²) in [5.74, 6) is 1.33. The van der Waals surface area contributed by atoms with E-state index in [0.29, 0.717) is 12.0 Å². The van der Waals surface area contributed by atoms with E-state index in [2.05, 4.69) is 15.6 Å². The molecule has 1 saturated heterocycles. The van der Waals surface area contributed by atoms with Gasteiger partial charge < -0.3 is 20.3 Å². The van der Waals surface area contributed by atoms with E-state index in [1.807, 2.05) is 32.7 Å². The van der Waals surface area contributed by atoms with Crippen LogP contribution in [-0.4, -0.2) is 55.3 Å². The van der Waals surface area contributed by atoms with Crippen LogP contribution in [0.15, 0.2) is 4.99 Å². The lowest BCUT2D eigenvalue weighted by atomic mass is 9.95. The van der Waals surface area contributed by atoms with Crippen molar-refractivity contribution in [2.24, 2.45) is 10.9 Å². The maximum absolute atomic E-state index is 12.3. The first kappa shape index (κ1) is 23.3. The number of likely N-dealkylation sites (tertiary alicyclic amines) is 1. The van der Waals surface area contributed by atoms with Crippen molar-refractivity contribution in [3.8, 4) is 0 Å². The number of hydrogen-bond acceptors (Lipinski definition) is 3. The number of piperidine rings is 1. The molecule has 0 bridgehead atoms. The van der Waals surface area contributed by atoms with E-state index >= 15 is 0 Å². The lowest BCUT2D eigenvalue weighted by Gasteiger charge is -2.34. The fourth-order valence-electron chi connectivity index (χ4n) is 3.60. The Morgan fingerprint density at radius 3 is 2.46 bits per heavy atom. The third-order valence-corrected chi connectivity index (χ3v) is 4.90. The van der Waals surface area contributed by atoms with Gasteiger partial charge in [0, 0.05) is 32.7 Å². The van der Waals surface area contributed by atoms with E-state index in [9.17, 15) is 4.79 Å². The minimum atomic E-state index is -0.436. The van der Waals surface area contributed by atoms with Gasteiger partial charge in [0.15, 0.2) is 5.96 Å². The monoisotopic (exact) mass is 480 g/mol. The number of rotatable bonds is 3. The van der Waals surface area contributed by atoms with E-state index < -0.39 is 5.60 Å². The number of ether oxygens (including phenoxy) is 1. The molecule has 0 spiro atoms. The van der Waals surface area contributed by atoms with Crippen molar-refractivity contribution in [3.05, 3.63) is 0 Å². The maximum Gasteiger partial charge on any atom is 0.410 e. The number of halogens is 1. The Bertz CT molecular complexity index is 459. The number of carbonyl (C=O) groups excluding carboxylic acids is 1. The zero-order valence-corrected chi connectivity index (χ0v) is 19.2. The summed E-state index contributed by atoms with van der Waals surface area (Å²) in [6.45, 7) is 8.12. The van der Waals surface area contributed by atoms with Crippen LogP contribution in [0.4, 0.5) is 4.79 Å². The van der Waals surface area contributed by atoms with Crippen molar-refractivity contribution < 1.29 is 9.53 Å². The van der Waals surface area contributed by atoms with Crippen LogP contribution in [0.5, 0.6) is 0 Å². The van der Waals surface area contributed by atoms with Crippen molar-refractivity contribution >= 4 is 36.0 Å². The van der Waals surface area contributed by atoms with Gasteiger partial charge in [-0.25, -0.2) is 4.79 Å². The number of carbonyl (C=O) groups is 1. The lowest BCUT2D eigenvalue weighted by molar-refractivity contribution is 0.0168. The first-order valence-corrected chi connectivity index (χ1v) is 9.82. The highest BCUT2D eigenvalue weighted by molar-refractivity contribution is 14.0. The average molecular weight is 480 g/mol. The first-order chi connectivity index (χ1) is 11.9.